The SMILES string of the molecule is CC(NC(=O)COC(=O)[C@@H](NC(=O)Cc1ccccc1)C(C)C)c1cccc2ccccc12. The number of fused-ring (bicyclic) bond motifs is 1. The van der Waals surface area contributed by atoms with Crippen molar-refractivity contribution in [3.8, 4) is 0 Å². The summed E-state index contributed by atoms with van der Waals surface area (Å²) in [7, 11) is 0. The van der Waals surface area contributed by atoms with Crippen LogP contribution < -0.4 is 10.6 Å². The van der Waals surface area contributed by atoms with Gasteiger partial charge < -0.3 is 15.4 Å². The van der Waals surface area contributed by atoms with Gasteiger partial charge in [0.1, 0.15) is 6.04 Å². The first-order valence-electron chi connectivity index (χ1n) is 11.1. The summed E-state index contributed by atoms with van der Waals surface area (Å²) in [5, 5.41) is 7.76. The smallest absolute Gasteiger partial charge is 0.329 e. The van der Waals surface area contributed by atoms with Crippen molar-refractivity contribution in [2.24, 2.45) is 5.92 Å². The topological polar surface area (TPSA) is 84.5 Å². The fraction of sp³-hybridized carbons (Fsp3) is 0.296. The third-order valence-corrected chi connectivity index (χ3v) is 5.46. The zero-order valence-electron chi connectivity index (χ0n) is 19.2. The molecule has 2 atom stereocenters. The second kappa shape index (κ2) is 11.3. The highest BCUT2D eigenvalue weighted by Gasteiger charge is 2.26. The molecule has 6 heteroatoms. The Kier molecular flexibility index (Phi) is 8.19. The molecule has 0 fully saturated rings. The molecule has 0 aliphatic rings. The zero-order valence-corrected chi connectivity index (χ0v) is 19.2. The van der Waals surface area contributed by atoms with Crippen LogP contribution in [0.2, 0.25) is 0 Å². The van der Waals surface area contributed by atoms with Crippen molar-refractivity contribution in [1.29, 1.82) is 0 Å². The monoisotopic (exact) mass is 446 g/mol. The highest BCUT2D eigenvalue weighted by molar-refractivity contribution is 5.89. The molecule has 0 saturated carbocycles. The van der Waals surface area contributed by atoms with Crippen molar-refractivity contribution in [3.63, 3.8) is 0 Å². The predicted molar refractivity (Wildman–Crippen MR) is 128 cm³/mol. The predicted octanol–water partition coefficient (Wildman–Crippen LogP) is 3.94. The van der Waals surface area contributed by atoms with E-state index in [0.717, 1.165) is 21.9 Å². The number of rotatable bonds is 9. The molecular weight excluding hydrogens is 416 g/mol. The molecule has 0 spiro atoms. The Bertz CT molecular complexity index is 1110. The lowest BCUT2D eigenvalue weighted by Crippen LogP contribution is -2.46. The summed E-state index contributed by atoms with van der Waals surface area (Å²) < 4.78 is 5.24. The number of nitrogens with one attached hydrogen (secondary N) is 2. The lowest BCUT2D eigenvalue weighted by molar-refractivity contribution is -0.152. The zero-order chi connectivity index (χ0) is 23.8. The minimum absolute atomic E-state index is 0.167. The van der Waals surface area contributed by atoms with Crippen LogP contribution in [-0.4, -0.2) is 30.4 Å². The van der Waals surface area contributed by atoms with Crippen LogP contribution in [0.4, 0.5) is 0 Å². The Morgan fingerprint density at radius 3 is 2.18 bits per heavy atom. The van der Waals surface area contributed by atoms with Gasteiger partial charge in [-0.15, -0.1) is 0 Å². The van der Waals surface area contributed by atoms with E-state index < -0.39 is 24.5 Å². The Labute approximate surface area is 194 Å². The number of ether oxygens (including phenoxy) is 1. The second-order valence-electron chi connectivity index (χ2n) is 8.42. The number of carbonyl (C=O) groups is 3. The van der Waals surface area contributed by atoms with E-state index in [4.69, 9.17) is 4.74 Å². The largest absolute Gasteiger partial charge is 0.454 e. The Morgan fingerprint density at radius 2 is 1.45 bits per heavy atom. The maximum Gasteiger partial charge on any atom is 0.329 e. The van der Waals surface area contributed by atoms with Crippen molar-refractivity contribution in [1.82, 2.24) is 10.6 Å². The fourth-order valence-corrected chi connectivity index (χ4v) is 3.72. The summed E-state index contributed by atoms with van der Waals surface area (Å²) in [4.78, 5) is 37.4. The highest BCUT2D eigenvalue weighted by atomic mass is 16.5. The molecule has 3 aromatic carbocycles. The molecule has 0 aliphatic carbocycles. The molecule has 33 heavy (non-hydrogen) atoms. The molecule has 0 heterocycles. The van der Waals surface area contributed by atoms with E-state index in [1.165, 1.54) is 0 Å². The van der Waals surface area contributed by atoms with Crippen LogP contribution >= 0.6 is 0 Å². The number of esters is 1. The summed E-state index contributed by atoms with van der Waals surface area (Å²) in [6.45, 7) is 5.11. The van der Waals surface area contributed by atoms with Crippen molar-refractivity contribution in [2.45, 2.75) is 39.3 Å². The molecule has 2 N–H and O–H groups in total. The number of benzene rings is 3. The fourth-order valence-electron chi connectivity index (χ4n) is 3.72. The average Bonchev–Trinajstić information content (AvgIpc) is 2.81. The summed E-state index contributed by atoms with van der Waals surface area (Å²) in [6.07, 6.45) is 0.167. The van der Waals surface area contributed by atoms with Crippen LogP contribution in [0.3, 0.4) is 0 Å². The molecule has 3 rings (SSSR count). The average molecular weight is 447 g/mol. The van der Waals surface area contributed by atoms with E-state index in [2.05, 4.69) is 10.6 Å². The summed E-state index contributed by atoms with van der Waals surface area (Å²) in [5.74, 6) is -1.48. The molecule has 0 aromatic heterocycles. The first-order chi connectivity index (χ1) is 15.8. The minimum atomic E-state index is -0.829. The lowest BCUT2D eigenvalue weighted by atomic mass is 10.00. The molecule has 6 nitrogen and oxygen atoms in total. The summed E-state index contributed by atoms with van der Waals surface area (Å²) >= 11 is 0. The first-order valence-corrected chi connectivity index (χ1v) is 11.1. The second-order valence-corrected chi connectivity index (χ2v) is 8.42. The molecule has 3 aromatic rings. The summed E-state index contributed by atoms with van der Waals surface area (Å²) in [5.41, 5.74) is 1.84. The molecule has 0 saturated heterocycles. The van der Waals surface area contributed by atoms with Gasteiger partial charge in [0.05, 0.1) is 12.5 Å². The van der Waals surface area contributed by atoms with E-state index in [0.29, 0.717) is 0 Å². The molecule has 0 bridgehead atoms. The van der Waals surface area contributed by atoms with Gasteiger partial charge in [0.2, 0.25) is 5.91 Å². The van der Waals surface area contributed by atoms with Crippen LogP contribution in [0.5, 0.6) is 0 Å². The van der Waals surface area contributed by atoms with Crippen LogP contribution in [0, 0.1) is 5.92 Å². The van der Waals surface area contributed by atoms with E-state index in [1.54, 1.807) is 0 Å². The van der Waals surface area contributed by atoms with Gasteiger partial charge in [-0.2, -0.15) is 0 Å². The molecule has 1 unspecified atom stereocenters. The van der Waals surface area contributed by atoms with E-state index in [1.807, 2.05) is 93.6 Å². The van der Waals surface area contributed by atoms with Crippen molar-refractivity contribution < 1.29 is 19.1 Å². The Balaban J connectivity index is 1.54. The van der Waals surface area contributed by atoms with Crippen molar-refractivity contribution >= 4 is 28.6 Å². The van der Waals surface area contributed by atoms with Gasteiger partial charge in [0.25, 0.3) is 5.91 Å². The third-order valence-electron chi connectivity index (χ3n) is 5.46. The maximum atomic E-state index is 12.6. The number of hydrogen-bond donors (Lipinski definition) is 2. The Morgan fingerprint density at radius 1 is 0.788 bits per heavy atom. The lowest BCUT2D eigenvalue weighted by Gasteiger charge is -2.21. The van der Waals surface area contributed by atoms with E-state index in [9.17, 15) is 14.4 Å². The van der Waals surface area contributed by atoms with Crippen molar-refractivity contribution in [3.05, 3.63) is 83.9 Å². The number of hydrogen-bond acceptors (Lipinski definition) is 4. The standard InChI is InChI=1S/C27H30N2O4/c1-18(2)26(29-24(30)16-20-10-5-4-6-11-20)27(32)33-17-25(31)28-19(3)22-15-9-13-21-12-7-8-14-23(21)22/h4-15,18-19,26H,16-17H2,1-3H3,(H,28,31)(H,29,30)/t19?,26-/m0/s1. The van der Waals surface area contributed by atoms with E-state index in [-0.39, 0.29) is 24.3 Å². The quantitative estimate of drug-likeness (QED) is 0.488. The van der Waals surface area contributed by atoms with Crippen LogP contribution in [-0.2, 0) is 25.5 Å². The van der Waals surface area contributed by atoms with Crippen molar-refractivity contribution in [2.75, 3.05) is 6.61 Å². The molecule has 172 valence electrons. The number of amides is 2. The van der Waals surface area contributed by atoms with Gasteiger partial charge in [0, 0.05) is 0 Å². The van der Waals surface area contributed by atoms with Crippen LogP contribution in [0.15, 0.2) is 72.8 Å². The minimum Gasteiger partial charge on any atom is -0.454 e. The van der Waals surface area contributed by atoms with Gasteiger partial charge in [-0.05, 0) is 34.7 Å². The molecule has 0 aliphatic heterocycles. The van der Waals surface area contributed by atoms with E-state index >= 15 is 0 Å². The van der Waals surface area contributed by atoms with Crippen LogP contribution in [0.25, 0.3) is 10.8 Å². The maximum absolute atomic E-state index is 12.6. The van der Waals surface area contributed by atoms with Gasteiger partial charge in [-0.3, -0.25) is 9.59 Å². The first kappa shape index (κ1) is 24.0. The van der Waals surface area contributed by atoms with Gasteiger partial charge >= 0.3 is 5.97 Å². The molecule has 0 radical (unpaired) electrons. The molecular formula is C27H30N2O4. The number of carbonyl (C=O) groups excluding carboxylic acids is 3. The molecule has 2 amide bonds. The van der Waals surface area contributed by atoms with Gasteiger partial charge in [-0.1, -0.05) is 86.6 Å². The normalized spacial score (nSPS) is 12.7. The third kappa shape index (κ3) is 6.65. The Hall–Kier alpha value is -3.67. The van der Waals surface area contributed by atoms with Crippen LogP contribution in [0.1, 0.15) is 37.9 Å². The van der Waals surface area contributed by atoms with Gasteiger partial charge in [0.15, 0.2) is 6.61 Å². The highest BCUT2D eigenvalue weighted by Crippen LogP contribution is 2.23. The van der Waals surface area contributed by atoms with Gasteiger partial charge in [-0.25, -0.2) is 4.79 Å². The summed E-state index contributed by atoms with van der Waals surface area (Å²) in [6, 6.07) is 22.1.